The average Bonchev–Trinajstić information content (AvgIpc) is 3.50. The highest BCUT2D eigenvalue weighted by Crippen LogP contribution is 2.22. The monoisotopic (exact) mass is 465 g/mol. The number of hydrogen-bond acceptors (Lipinski definition) is 8. The zero-order valence-corrected chi connectivity index (χ0v) is 19.6. The van der Waals surface area contributed by atoms with Crippen LogP contribution in [-0.4, -0.2) is 33.1 Å². The van der Waals surface area contributed by atoms with E-state index in [4.69, 9.17) is 14.0 Å². The van der Waals surface area contributed by atoms with Crippen LogP contribution in [0.2, 0.25) is 0 Å². The number of carbonyl (C=O) groups is 2. The highest BCUT2D eigenvalue weighted by molar-refractivity contribution is 7.09. The smallest absolute Gasteiger partial charge is 0.358 e. The predicted molar refractivity (Wildman–Crippen MR) is 122 cm³/mol. The van der Waals surface area contributed by atoms with Gasteiger partial charge in [-0.2, -0.15) is 0 Å². The summed E-state index contributed by atoms with van der Waals surface area (Å²) in [6, 6.07) is 11.2. The number of benzene rings is 1. The Hall–Kier alpha value is -3.72. The fourth-order valence-corrected chi connectivity index (χ4v) is 4.06. The molecule has 0 amide bonds. The van der Waals surface area contributed by atoms with Crippen LogP contribution in [0.4, 0.5) is 0 Å². The Bertz CT molecular complexity index is 1300. The van der Waals surface area contributed by atoms with E-state index in [0.29, 0.717) is 27.8 Å². The summed E-state index contributed by atoms with van der Waals surface area (Å²) in [5, 5.41) is 6.24. The van der Waals surface area contributed by atoms with E-state index in [9.17, 15) is 9.59 Å². The van der Waals surface area contributed by atoms with E-state index < -0.39 is 5.97 Å². The van der Waals surface area contributed by atoms with Gasteiger partial charge < -0.3 is 14.0 Å². The molecule has 1 aromatic carbocycles. The van der Waals surface area contributed by atoms with Crippen molar-refractivity contribution in [2.24, 2.45) is 0 Å². The molecule has 0 aliphatic carbocycles. The molecule has 3 heterocycles. The number of nitrogens with zero attached hydrogens (tertiary/aromatic N) is 3. The lowest BCUT2D eigenvalue weighted by Gasteiger charge is -2.05. The molecule has 0 spiro atoms. The molecule has 0 saturated heterocycles. The molecule has 33 heavy (non-hydrogen) atoms. The van der Waals surface area contributed by atoms with Gasteiger partial charge in [0, 0.05) is 28.4 Å². The van der Waals surface area contributed by atoms with E-state index in [1.165, 1.54) is 11.3 Å². The first-order valence-corrected chi connectivity index (χ1v) is 11.2. The van der Waals surface area contributed by atoms with Crippen LogP contribution in [0.25, 0.3) is 5.82 Å². The van der Waals surface area contributed by atoms with E-state index in [0.717, 1.165) is 17.0 Å². The number of ether oxygens (including phenoxy) is 2. The van der Waals surface area contributed by atoms with Crippen molar-refractivity contribution in [3.63, 3.8) is 0 Å². The van der Waals surface area contributed by atoms with Crippen molar-refractivity contribution in [3.05, 3.63) is 80.8 Å². The van der Waals surface area contributed by atoms with Crippen LogP contribution in [0, 0.1) is 27.7 Å². The molecule has 0 N–H and O–H groups in total. The molecule has 9 heteroatoms. The molecular formula is C24H23N3O5S. The summed E-state index contributed by atoms with van der Waals surface area (Å²) in [6.07, 6.45) is 0. The Balaban J connectivity index is 1.35. The molecule has 0 bridgehead atoms. The second kappa shape index (κ2) is 9.41. The van der Waals surface area contributed by atoms with Gasteiger partial charge in [-0.25, -0.2) is 9.78 Å². The van der Waals surface area contributed by atoms with Gasteiger partial charge in [-0.3, -0.25) is 9.36 Å². The third-order valence-corrected chi connectivity index (χ3v) is 5.88. The molecule has 0 unspecified atom stereocenters. The number of ketones is 1. The van der Waals surface area contributed by atoms with Crippen molar-refractivity contribution in [2.45, 2.75) is 34.3 Å². The molecule has 0 radical (unpaired) electrons. The minimum atomic E-state index is -0.651. The Labute approximate surface area is 194 Å². The van der Waals surface area contributed by atoms with Crippen LogP contribution in [0.5, 0.6) is 5.75 Å². The van der Waals surface area contributed by atoms with Gasteiger partial charge in [0.1, 0.15) is 23.1 Å². The lowest BCUT2D eigenvalue weighted by Crippen LogP contribution is -2.15. The molecule has 0 aliphatic rings. The summed E-state index contributed by atoms with van der Waals surface area (Å²) in [7, 11) is 0. The molecular weight excluding hydrogens is 442 g/mol. The van der Waals surface area contributed by atoms with Gasteiger partial charge >= 0.3 is 5.97 Å². The van der Waals surface area contributed by atoms with Crippen LogP contribution >= 0.6 is 11.3 Å². The molecule has 4 aromatic rings. The lowest BCUT2D eigenvalue weighted by molar-refractivity contribution is 0.0469. The van der Waals surface area contributed by atoms with E-state index in [-0.39, 0.29) is 24.7 Å². The summed E-state index contributed by atoms with van der Waals surface area (Å²) >= 11 is 1.30. The Kier molecular flexibility index (Phi) is 6.41. The summed E-state index contributed by atoms with van der Waals surface area (Å²) in [5.41, 5.74) is 3.29. The predicted octanol–water partition coefficient (Wildman–Crippen LogP) is 4.77. The number of carbonyl (C=O) groups excluding carboxylic acids is 2. The zero-order valence-electron chi connectivity index (χ0n) is 18.7. The molecule has 0 atom stereocenters. The van der Waals surface area contributed by atoms with Crippen molar-refractivity contribution in [2.75, 3.05) is 6.61 Å². The lowest BCUT2D eigenvalue weighted by atomic mass is 10.1. The normalized spacial score (nSPS) is 10.9. The third-order valence-electron chi connectivity index (χ3n) is 5.05. The molecule has 0 fully saturated rings. The van der Waals surface area contributed by atoms with E-state index in [1.54, 1.807) is 24.4 Å². The van der Waals surface area contributed by atoms with Gasteiger partial charge in [-0.15, -0.1) is 11.3 Å². The number of Topliss-reactive ketones (excluding diaryl/α,β-unsaturated/α-hetero) is 1. The average molecular weight is 466 g/mol. The van der Waals surface area contributed by atoms with Gasteiger partial charge in [0.05, 0.1) is 0 Å². The van der Waals surface area contributed by atoms with Crippen LogP contribution in [0.3, 0.4) is 0 Å². The fraction of sp³-hybridized carbons (Fsp3) is 0.250. The first-order chi connectivity index (χ1) is 15.8. The second-order valence-electron chi connectivity index (χ2n) is 7.64. The highest BCUT2D eigenvalue weighted by Gasteiger charge is 2.21. The number of hydrogen-bond donors (Lipinski definition) is 0. The Morgan fingerprint density at radius 3 is 2.55 bits per heavy atom. The standard InChI is InChI=1S/C24H23N3O5S/c1-14-5-7-18(8-6-14)30-12-23-25-20(13-33-23)24(29)31-11-21(28)19-9-15(2)27(17(19)4)22-10-16(3)32-26-22/h5-10,13H,11-12H2,1-4H3. The minimum Gasteiger partial charge on any atom is -0.486 e. The zero-order chi connectivity index (χ0) is 23.5. The maximum absolute atomic E-state index is 12.7. The molecule has 8 nitrogen and oxygen atoms in total. The summed E-state index contributed by atoms with van der Waals surface area (Å²) in [5.74, 6) is 1.04. The first kappa shape index (κ1) is 22.5. The van der Waals surface area contributed by atoms with Gasteiger partial charge in [-0.05, 0) is 45.9 Å². The minimum absolute atomic E-state index is 0.152. The summed E-state index contributed by atoms with van der Waals surface area (Å²) in [6.45, 7) is 7.35. The molecule has 3 aromatic heterocycles. The molecule has 0 aliphatic heterocycles. The number of aromatic nitrogens is 3. The summed E-state index contributed by atoms with van der Waals surface area (Å²) < 4.78 is 17.9. The van der Waals surface area contributed by atoms with E-state index in [2.05, 4.69) is 10.1 Å². The van der Waals surface area contributed by atoms with Crippen LogP contribution in [0.1, 0.15) is 48.6 Å². The van der Waals surface area contributed by atoms with Gasteiger partial charge in [-0.1, -0.05) is 22.9 Å². The van der Waals surface area contributed by atoms with Crippen molar-refractivity contribution < 1.29 is 23.6 Å². The van der Waals surface area contributed by atoms with Crippen LogP contribution < -0.4 is 4.74 Å². The molecule has 4 rings (SSSR count). The number of thiazole rings is 1. The third kappa shape index (κ3) is 5.04. The van der Waals surface area contributed by atoms with Crippen LogP contribution in [0.15, 0.2) is 46.3 Å². The quantitative estimate of drug-likeness (QED) is 0.273. The second-order valence-corrected chi connectivity index (χ2v) is 8.59. The topological polar surface area (TPSA) is 96.5 Å². The SMILES string of the molecule is Cc1ccc(OCc2nc(C(=O)OCC(=O)c3cc(C)n(-c4cc(C)on4)c3C)cs2)cc1. The van der Waals surface area contributed by atoms with Crippen LogP contribution in [-0.2, 0) is 11.3 Å². The van der Waals surface area contributed by atoms with Gasteiger partial charge in [0.25, 0.3) is 0 Å². The van der Waals surface area contributed by atoms with Gasteiger partial charge in [0.15, 0.2) is 18.1 Å². The Morgan fingerprint density at radius 1 is 1.09 bits per heavy atom. The fourth-order valence-electron chi connectivity index (χ4n) is 3.39. The van der Waals surface area contributed by atoms with Crippen molar-refractivity contribution in [3.8, 4) is 11.6 Å². The van der Waals surface area contributed by atoms with E-state index >= 15 is 0 Å². The van der Waals surface area contributed by atoms with E-state index in [1.807, 2.05) is 49.6 Å². The maximum Gasteiger partial charge on any atom is 0.358 e. The van der Waals surface area contributed by atoms with Gasteiger partial charge in [0.2, 0.25) is 5.78 Å². The molecule has 0 saturated carbocycles. The largest absolute Gasteiger partial charge is 0.486 e. The van der Waals surface area contributed by atoms with Crippen molar-refractivity contribution in [1.29, 1.82) is 0 Å². The number of rotatable bonds is 8. The van der Waals surface area contributed by atoms with Crippen molar-refractivity contribution in [1.82, 2.24) is 14.7 Å². The number of esters is 1. The summed E-state index contributed by atoms with van der Waals surface area (Å²) in [4.78, 5) is 29.4. The Morgan fingerprint density at radius 2 is 1.85 bits per heavy atom. The number of aryl methyl sites for hydroxylation is 3. The van der Waals surface area contributed by atoms with Crippen molar-refractivity contribution >= 4 is 23.1 Å². The highest BCUT2D eigenvalue weighted by atomic mass is 32.1. The molecule has 170 valence electrons. The first-order valence-electron chi connectivity index (χ1n) is 10.3. The maximum atomic E-state index is 12.7.